The average Bonchev–Trinajstić information content (AvgIpc) is 2.56. The van der Waals surface area contributed by atoms with Gasteiger partial charge in [0.05, 0.1) is 12.5 Å². The van der Waals surface area contributed by atoms with E-state index < -0.39 is 11.9 Å². The molecule has 1 amide bonds. The van der Waals surface area contributed by atoms with Crippen LogP contribution in [0.3, 0.4) is 0 Å². The predicted octanol–water partition coefficient (Wildman–Crippen LogP) is 2.84. The predicted molar refractivity (Wildman–Crippen MR) is 88.5 cm³/mol. The van der Waals surface area contributed by atoms with Gasteiger partial charge in [0.2, 0.25) is 5.91 Å². The van der Waals surface area contributed by atoms with Crippen molar-refractivity contribution in [2.45, 2.75) is 19.8 Å². The fourth-order valence-electron chi connectivity index (χ4n) is 2.18. The maximum atomic E-state index is 11.6. The zero-order valence-electron chi connectivity index (χ0n) is 13.1. The number of hydrogen-bond donors (Lipinski definition) is 2. The largest absolute Gasteiger partial charge is 0.493 e. The lowest BCUT2D eigenvalue weighted by molar-refractivity contribution is -0.141. The fraction of sp³-hybridized carbons (Fsp3) is 0.333. The second-order valence-electron chi connectivity index (χ2n) is 5.47. The molecule has 2 rings (SSSR count). The van der Waals surface area contributed by atoms with Crippen molar-refractivity contribution in [3.8, 4) is 5.75 Å². The Balaban J connectivity index is 1.75. The van der Waals surface area contributed by atoms with Gasteiger partial charge in [-0.15, -0.1) is 0 Å². The third-order valence-corrected chi connectivity index (χ3v) is 3.58. The molecule has 0 heterocycles. The highest BCUT2D eigenvalue weighted by Gasteiger charge is 2.11. The highest BCUT2D eigenvalue weighted by Crippen LogP contribution is 2.25. The lowest BCUT2D eigenvalue weighted by Gasteiger charge is -2.10. The summed E-state index contributed by atoms with van der Waals surface area (Å²) >= 11 is 0. The number of benzene rings is 2. The van der Waals surface area contributed by atoms with Crippen LogP contribution < -0.4 is 10.1 Å². The van der Waals surface area contributed by atoms with Crippen molar-refractivity contribution < 1.29 is 19.4 Å². The monoisotopic (exact) mass is 315 g/mol. The van der Waals surface area contributed by atoms with Crippen molar-refractivity contribution in [1.82, 2.24) is 5.32 Å². The third kappa shape index (κ3) is 4.98. The topological polar surface area (TPSA) is 75.6 Å². The van der Waals surface area contributed by atoms with Gasteiger partial charge in [-0.05, 0) is 17.9 Å². The fourth-order valence-corrected chi connectivity index (χ4v) is 2.18. The van der Waals surface area contributed by atoms with Gasteiger partial charge in [0, 0.05) is 18.4 Å². The number of carboxylic acid groups (broad SMARTS) is 1. The van der Waals surface area contributed by atoms with Crippen LogP contribution in [0, 0.1) is 5.92 Å². The molecule has 2 aromatic carbocycles. The molecule has 5 heteroatoms. The van der Waals surface area contributed by atoms with Gasteiger partial charge in [0.15, 0.2) is 0 Å². The van der Waals surface area contributed by atoms with Crippen molar-refractivity contribution in [2.75, 3.05) is 13.2 Å². The summed E-state index contributed by atoms with van der Waals surface area (Å²) in [6.07, 6.45) is 0.896. The third-order valence-electron chi connectivity index (χ3n) is 3.58. The maximum absolute atomic E-state index is 11.6. The van der Waals surface area contributed by atoms with Gasteiger partial charge in [0.1, 0.15) is 5.75 Å². The lowest BCUT2D eigenvalue weighted by atomic mass is 10.1. The van der Waals surface area contributed by atoms with Gasteiger partial charge in [-0.3, -0.25) is 9.59 Å². The first-order valence-electron chi connectivity index (χ1n) is 7.68. The number of aliphatic carboxylic acids is 1. The summed E-state index contributed by atoms with van der Waals surface area (Å²) < 4.78 is 5.76. The molecule has 0 aliphatic carbocycles. The molecule has 1 atom stereocenters. The van der Waals surface area contributed by atoms with Crippen LogP contribution in [0.1, 0.15) is 19.8 Å². The standard InChI is InChI=1S/C18H21NO4/c1-13(18(21)22)12-19-17(20)10-5-11-23-16-9-4-7-14-6-2-3-8-15(14)16/h2-4,6-9,13H,5,10-12H2,1H3,(H,19,20)(H,21,22). The molecular formula is C18H21NO4. The Labute approximate surface area is 135 Å². The number of carboxylic acids is 1. The van der Waals surface area contributed by atoms with Crippen molar-refractivity contribution in [3.63, 3.8) is 0 Å². The Kier molecular flexibility index (Phi) is 5.97. The molecule has 0 saturated heterocycles. The number of carbonyl (C=O) groups excluding carboxylic acids is 1. The molecule has 0 aliphatic heterocycles. The minimum Gasteiger partial charge on any atom is -0.493 e. The summed E-state index contributed by atoms with van der Waals surface area (Å²) in [5.74, 6) is -0.835. The van der Waals surface area contributed by atoms with Crippen LogP contribution in [0.2, 0.25) is 0 Å². The van der Waals surface area contributed by atoms with Gasteiger partial charge < -0.3 is 15.2 Å². The van der Waals surface area contributed by atoms with Crippen LogP contribution in [0.4, 0.5) is 0 Å². The molecule has 2 aromatic rings. The molecule has 5 nitrogen and oxygen atoms in total. The van der Waals surface area contributed by atoms with Crippen molar-refractivity contribution >= 4 is 22.6 Å². The number of ether oxygens (including phenoxy) is 1. The minimum atomic E-state index is -0.912. The SMILES string of the molecule is CC(CNC(=O)CCCOc1cccc2ccccc12)C(=O)O. The number of amides is 1. The number of rotatable bonds is 8. The van der Waals surface area contributed by atoms with Crippen molar-refractivity contribution in [1.29, 1.82) is 0 Å². The zero-order chi connectivity index (χ0) is 16.7. The van der Waals surface area contributed by atoms with E-state index in [1.54, 1.807) is 6.92 Å². The van der Waals surface area contributed by atoms with Crippen LogP contribution in [-0.2, 0) is 9.59 Å². The quantitative estimate of drug-likeness (QED) is 0.735. The molecule has 0 spiro atoms. The first-order chi connectivity index (χ1) is 11.1. The van der Waals surface area contributed by atoms with E-state index in [1.165, 1.54) is 0 Å². The number of fused-ring (bicyclic) bond motifs is 1. The number of hydrogen-bond acceptors (Lipinski definition) is 3. The molecule has 0 saturated carbocycles. The first kappa shape index (κ1) is 16.8. The lowest BCUT2D eigenvalue weighted by Crippen LogP contribution is -2.31. The van der Waals surface area contributed by atoms with E-state index in [1.807, 2.05) is 42.5 Å². The second-order valence-corrected chi connectivity index (χ2v) is 5.47. The molecule has 0 bridgehead atoms. The molecule has 0 radical (unpaired) electrons. The van der Waals surface area contributed by atoms with E-state index in [-0.39, 0.29) is 12.5 Å². The molecule has 0 fully saturated rings. The molecule has 2 N–H and O–H groups in total. The highest BCUT2D eigenvalue weighted by molar-refractivity contribution is 5.88. The Bertz CT molecular complexity index is 678. The van der Waals surface area contributed by atoms with E-state index in [2.05, 4.69) is 5.32 Å². The Morgan fingerprint density at radius 1 is 1.17 bits per heavy atom. The van der Waals surface area contributed by atoms with Gasteiger partial charge in [-0.2, -0.15) is 0 Å². The summed E-state index contributed by atoms with van der Waals surface area (Å²) in [7, 11) is 0. The Morgan fingerprint density at radius 3 is 2.70 bits per heavy atom. The molecule has 1 unspecified atom stereocenters. The summed E-state index contributed by atoms with van der Waals surface area (Å²) in [5, 5.41) is 13.5. The summed E-state index contributed by atoms with van der Waals surface area (Å²) in [6.45, 7) is 2.15. The molecule has 23 heavy (non-hydrogen) atoms. The molecule has 122 valence electrons. The second kappa shape index (κ2) is 8.17. The summed E-state index contributed by atoms with van der Waals surface area (Å²) in [4.78, 5) is 22.3. The Hall–Kier alpha value is -2.56. The average molecular weight is 315 g/mol. The van der Waals surface area contributed by atoms with E-state index in [9.17, 15) is 9.59 Å². The minimum absolute atomic E-state index is 0.151. The van der Waals surface area contributed by atoms with E-state index in [0.717, 1.165) is 16.5 Å². The van der Waals surface area contributed by atoms with Crippen LogP contribution in [0.5, 0.6) is 5.75 Å². The number of carbonyl (C=O) groups is 2. The highest BCUT2D eigenvalue weighted by atomic mass is 16.5. The van der Waals surface area contributed by atoms with Gasteiger partial charge in [-0.1, -0.05) is 43.3 Å². The van der Waals surface area contributed by atoms with Crippen LogP contribution in [0.15, 0.2) is 42.5 Å². The van der Waals surface area contributed by atoms with Gasteiger partial charge in [-0.25, -0.2) is 0 Å². The van der Waals surface area contributed by atoms with Gasteiger partial charge >= 0.3 is 5.97 Å². The zero-order valence-corrected chi connectivity index (χ0v) is 13.1. The van der Waals surface area contributed by atoms with Crippen LogP contribution >= 0.6 is 0 Å². The summed E-state index contributed by atoms with van der Waals surface area (Å²) in [5.41, 5.74) is 0. The molecular weight excluding hydrogens is 294 g/mol. The van der Waals surface area contributed by atoms with Gasteiger partial charge in [0.25, 0.3) is 0 Å². The van der Waals surface area contributed by atoms with E-state index in [4.69, 9.17) is 9.84 Å². The van der Waals surface area contributed by atoms with Crippen LogP contribution in [0.25, 0.3) is 10.8 Å². The Morgan fingerprint density at radius 2 is 1.91 bits per heavy atom. The van der Waals surface area contributed by atoms with Crippen molar-refractivity contribution in [2.24, 2.45) is 5.92 Å². The normalized spacial score (nSPS) is 11.9. The molecule has 0 aliphatic rings. The van der Waals surface area contributed by atoms with Crippen molar-refractivity contribution in [3.05, 3.63) is 42.5 Å². The first-order valence-corrected chi connectivity index (χ1v) is 7.68. The molecule has 0 aromatic heterocycles. The van der Waals surface area contributed by atoms with E-state index in [0.29, 0.717) is 19.4 Å². The smallest absolute Gasteiger partial charge is 0.308 e. The number of nitrogens with one attached hydrogen (secondary N) is 1. The maximum Gasteiger partial charge on any atom is 0.308 e. The van der Waals surface area contributed by atoms with E-state index >= 15 is 0 Å². The van der Waals surface area contributed by atoms with Crippen LogP contribution in [-0.4, -0.2) is 30.1 Å². The summed E-state index contributed by atoms with van der Waals surface area (Å²) in [6, 6.07) is 13.9.